The Labute approximate surface area is 205 Å². The van der Waals surface area contributed by atoms with E-state index >= 15 is 0 Å². The first-order valence-electron chi connectivity index (χ1n) is 12.3. The Bertz CT molecular complexity index is 1060. The van der Waals surface area contributed by atoms with Gasteiger partial charge in [-0.05, 0) is 43.1 Å². The van der Waals surface area contributed by atoms with E-state index in [1.54, 1.807) is 13.2 Å². The van der Waals surface area contributed by atoms with E-state index in [4.69, 9.17) is 9.47 Å². The lowest BCUT2D eigenvalue weighted by molar-refractivity contribution is 0.0691. The van der Waals surface area contributed by atoms with Crippen LogP contribution >= 0.6 is 0 Å². The molecule has 35 heavy (non-hydrogen) atoms. The van der Waals surface area contributed by atoms with Crippen molar-refractivity contribution >= 4 is 10.9 Å². The molecule has 1 aliphatic heterocycles. The number of alkyl halides is 3. The molecule has 0 aliphatic carbocycles. The summed E-state index contributed by atoms with van der Waals surface area (Å²) in [5.41, 5.74) is 3.93. The number of hydrogen-bond donors (Lipinski definition) is 2. The summed E-state index contributed by atoms with van der Waals surface area (Å²) < 4.78 is 50.6. The number of methoxy groups -OCH3 is 1. The average Bonchev–Trinajstić information content (AvgIpc) is 3.25. The van der Waals surface area contributed by atoms with Gasteiger partial charge in [-0.2, -0.15) is 0 Å². The third-order valence-corrected chi connectivity index (χ3v) is 6.04. The van der Waals surface area contributed by atoms with Crippen LogP contribution in [0.4, 0.5) is 13.2 Å². The molecule has 0 amide bonds. The number of aromatic amines is 1. The fourth-order valence-corrected chi connectivity index (χ4v) is 4.58. The van der Waals surface area contributed by atoms with Crippen molar-refractivity contribution in [3.05, 3.63) is 59.3 Å². The molecular formula is C27H36F3N3O2. The maximum atomic E-state index is 13.5. The first kappa shape index (κ1) is 26.9. The van der Waals surface area contributed by atoms with E-state index in [0.29, 0.717) is 50.6 Å². The molecule has 5 nitrogen and oxygen atoms in total. The van der Waals surface area contributed by atoms with Crippen molar-refractivity contribution in [3.63, 3.8) is 0 Å². The molecule has 2 heterocycles. The normalized spacial score (nSPS) is 15.6. The fraction of sp³-hybridized carbons (Fsp3) is 0.481. The van der Waals surface area contributed by atoms with Crippen molar-refractivity contribution in [3.8, 4) is 11.5 Å². The van der Waals surface area contributed by atoms with Crippen LogP contribution in [0.2, 0.25) is 0 Å². The summed E-state index contributed by atoms with van der Waals surface area (Å²) in [7, 11) is 1.58. The van der Waals surface area contributed by atoms with E-state index in [-0.39, 0.29) is 19.3 Å². The third kappa shape index (κ3) is 6.49. The maximum Gasteiger partial charge on any atom is 0.251 e. The summed E-state index contributed by atoms with van der Waals surface area (Å²) in [5.74, 6) is 1.23. The SMILES string of the molecule is CC.COc1cc(OCCNCCCF)ccc1C1c2[nH]c3ccccc3c2CCN1CC(F)F. The summed E-state index contributed by atoms with van der Waals surface area (Å²) in [6.07, 6.45) is -1.24. The monoisotopic (exact) mass is 491 g/mol. The van der Waals surface area contributed by atoms with Gasteiger partial charge >= 0.3 is 0 Å². The third-order valence-electron chi connectivity index (χ3n) is 6.04. The molecule has 192 valence electrons. The minimum absolute atomic E-state index is 0.314. The van der Waals surface area contributed by atoms with Gasteiger partial charge in [0.25, 0.3) is 6.43 Å². The molecule has 2 aromatic carbocycles. The van der Waals surface area contributed by atoms with E-state index in [0.717, 1.165) is 22.2 Å². The molecule has 0 bridgehead atoms. The van der Waals surface area contributed by atoms with E-state index in [1.165, 1.54) is 5.56 Å². The maximum absolute atomic E-state index is 13.5. The van der Waals surface area contributed by atoms with Crippen molar-refractivity contribution in [2.75, 3.05) is 46.6 Å². The second kappa shape index (κ2) is 13.4. The molecule has 3 aromatic rings. The number of nitrogens with one attached hydrogen (secondary N) is 2. The first-order chi connectivity index (χ1) is 17.1. The smallest absolute Gasteiger partial charge is 0.251 e. The zero-order chi connectivity index (χ0) is 25.2. The van der Waals surface area contributed by atoms with Crippen LogP contribution in [0.15, 0.2) is 42.5 Å². The van der Waals surface area contributed by atoms with Crippen LogP contribution in [-0.4, -0.2) is 62.9 Å². The summed E-state index contributed by atoms with van der Waals surface area (Å²) in [5, 5.41) is 4.25. The zero-order valence-electron chi connectivity index (χ0n) is 20.8. The Kier molecular flexibility index (Phi) is 10.3. The second-order valence-electron chi connectivity index (χ2n) is 8.15. The fourth-order valence-electron chi connectivity index (χ4n) is 4.58. The molecule has 0 fully saturated rings. The van der Waals surface area contributed by atoms with Crippen LogP contribution in [0, 0.1) is 0 Å². The number of fused-ring (bicyclic) bond motifs is 3. The highest BCUT2D eigenvalue weighted by Gasteiger charge is 2.34. The van der Waals surface area contributed by atoms with Gasteiger partial charge in [0.05, 0.1) is 26.4 Å². The van der Waals surface area contributed by atoms with Crippen LogP contribution in [0.1, 0.15) is 43.1 Å². The van der Waals surface area contributed by atoms with Gasteiger partial charge < -0.3 is 19.8 Å². The lowest BCUT2D eigenvalue weighted by atomic mass is 9.91. The largest absolute Gasteiger partial charge is 0.496 e. The van der Waals surface area contributed by atoms with Gasteiger partial charge in [-0.1, -0.05) is 32.0 Å². The predicted molar refractivity (Wildman–Crippen MR) is 135 cm³/mol. The lowest BCUT2D eigenvalue weighted by Crippen LogP contribution is -2.39. The number of benzene rings is 2. The van der Waals surface area contributed by atoms with Crippen LogP contribution in [-0.2, 0) is 6.42 Å². The number of halogens is 3. The van der Waals surface area contributed by atoms with Gasteiger partial charge in [0.1, 0.15) is 18.1 Å². The van der Waals surface area contributed by atoms with Gasteiger partial charge in [-0.15, -0.1) is 0 Å². The minimum atomic E-state index is -2.43. The number of H-pyrrole nitrogens is 1. The van der Waals surface area contributed by atoms with Crippen LogP contribution in [0.3, 0.4) is 0 Å². The molecule has 0 spiro atoms. The summed E-state index contributed by atoms with van der Waals surface area (Å²) >= 11 is 0. The van der Waals surface area contributed by atoms with Gasteiger partial charge in [0.2, 0.25) is 0 Å². The Morgan fingerprint density at radius 1 is 1.14 bits per heavy atom. The van der Waals surface area contributed by atoms with E-state index < -0.39 is 6.43 Å². The highest BCUT2D eigenvalue weighted by molar-refractivity contribution is 5.85. The van der Waals surface area contributed by atoms with Crippen LogP contribution in [0.25, 0.3) is 10.9 Å². The number of hydrogen-bond acceptors (Lipinski definition) is 4. The van der Waals surface area contributed by atoms with Gasteiger partial charge in [0, 0.05) is 41.3 Å². The van der Waals surface area contributed by atoms with E-state index in [1.807, 2.05) is 49.1 Å². The topological polar surface area (TPSA) is 49.5 Å². The summed E-state index contributed by atoms with van der Waals surface area (Å²) in [4.78, 5) is 5.30. The Morgan fingerprint density at radius 2 is 1.94 bits per heavy atom. The predicted octanol–water partition coefficient (Wildman–Crippen LogP) is 5.74. The Balaban J connectivity index is 0.00000167. The average molecular weight is 492 g/mol. The van der Waals surface area contributed by atoms with Crippen molar-refractivity contribution in [1.82, 2.24) is 15.2 Å². The molecular weight excluding hydrogens is 455 g/mol. The molecule has 1 unspecified atom stereocenters. The number of ether oxygens (including phenoxy) is 2. The van der Waals surface area contributed by atoms with Crippen molar-refractivity contribution in [2.24, 2.45) is 0 Å². The quantitative estimate of drug-likeness (QED) is 0.336. The number of para-hydroxylation sites is 1. The first-order valence-corrected chi connectivity index (χ1v) is 12.3. The van der Waals surface area contributed by atoms with Crippen molar-refractivity contribution < 1.29 is 22.6 Å². The molecule has 8 heteroatoms. The van der Waals surface area contributed by atoms with Crippen molar-refractivity contribution in [1.29, 1.82) is 0 Å². The highest BCUT2D eigenvalue weighted by atomic mass is 19.3. The standard InChI is InChI=1S/C25H30F3N3O2.C2H6/c1-32-22-15-17(33-14-12-29-11-4-10-26)7-8-20(22)25-24-19(9-13-31(25)16-23(27)28)18-5-2-3-6-21(18)30-24;1-2/h2-3,5-8,15,23,25,29-30H,4,9-14,16H2,1H3;1-2H3. The molecule has 1 aromatic heterocycles. The van der Waals surface area contributed by atoms with Crippen molar-refractivity contribution in [2.45, 2.75) is 39.2 Å². The zero-order valence-corrected chi connectivity index (χ0v) is 20.8. The van der Waals surface area contributed by atoms with E-state index in [2.05, 4.69) is 16.4 Å². The Morgan fingerprint density at radius 3 is 2.69 bits per heavy atom. The molecule has 0 saturated heterocycles. The minimum Gasteiger partial charge on any atom is -0.496 e. The summed E-state index contributed by atoms with van der Waals surface area (Å²) in [6.45, 7) is 5.53. The number of nitrogens with zero attached hydrogens (tertiary/aromatic N) is 1. The van der Waals surface area contributed by atoms with Gasteiger partial charge in [-0.25, -0.2) is 8.78 Å². The second-order valence-corrected chi connectivity index (χ2v) is 8.15. The Hall–Kier alpha value is -2.71. The van der Waals surface area contributed by atoms with Crippen LogP contribution in [0.5, 0.6) is 11.5 Å². The molecule has 1 aliphatic rings. The highest BCUT2D eigenvalue weighted by Crippen LogP contribution is 2.42. The van der Waals surface area contributed by atoms with Gasteiger partial charge in [0.15, 0.2) is 0 Å². The molecule has 0 saturated carbocycles. The molecule has 2 N–H and O–H groups in total. The number of rotatable bonds is 11. The molecule has 4 rings (SSSR count). The summed E-state index contributed by atoms with van der Waals surface area (Å²) in [6, 6.07) is 13.2. The van der Waals surface area contributed by atoms with E-state index in [9.17, 15) is 13.2 Å². The molecule has 0 radical (unpaired) electrons. The van der Waals surface area contributed by atoms with Crippen LogP contribution < -0.4 is 14.8 Å². The lowest BCUT2D eigenvalue weighted by Gasteiger charge is -2.36. The number of aromatic nitrogens is 1. The van der Waals surface area contributed by atoms with Gasteiger partial charge in [-0.3, -0.25) is 9.29 Å². The molecule has 1 atom stereocenters.